The summed E-state index contributed by atoms with van der Waals surface area (Å²) in [6.45, 7) is 4.61. The predicted octanol–water partition coefficient (Wildman–Crippen LogP) is 5.74. The van der Waals surface area contributed by atoms with Crippen molar-refractivity contribution in [3.05, 3.63) is 64.9 Å². The Kier molecular flexibility index (Phi) is 8.52. The Balaban J connectivity index is 1.07. The number of amides is 1. The van der Waals surface area contributed by atoms with Gasteiger partial charge in [-0.25, -0.2) is 4.98 Å². The van der Waals surface area contributed by atoms with Gasteiger partial charge in [0.2, 0.25) is 0 Å². The van der Waals surface area contributed by atoms with Gasteiger partial charge in [0.1, 0.15) is 5.69 Å². The zero-order valence-corrected chi connectivity index (χ0v) is 22.7. The third-order valence-corrected chi connectivity index (χ3v) is 9.02. The van der Waals surface area contributed by atoms with Gasteiger partial charge in [-0.05, 0) is 88.4 Å². The molecule has 1 aromatic carbocycles. The normalized spacial score (nSPS) is 21.5. The SMILES string of the molecule is CCCN(CCC1CCC(NC(=O)c2ccc(-c3ccccc3)cn2)CC1)[C@H]1CCc2nc(N)sc2C1. The number of fused-ring (bicyclic) bond motifs is 1. The van der Waals surface area contributed by atoms with Crippen LogP contribution in [0, 0.1) is 5.92 Å². The van der Waals surface area contributed by atoms with Crippen LogP contribution in [0.4, 0.5) is 5.13 Å². The number of hydrogen-bond donors (Lipinski definition) is 2. The molecule has 1 amide bonds. The van der Waals surface area contributed by atoms with Crippen LogP contribution in [0.3, 0.4) is 0 Å². The maximum Gasteiger partial charge on any atom is 0.270 e. The van der Waals surface area contributed by atoms with E-state index in [2.05, 4.69) is 39.2 Å². The highest BCUT2D eigenvalue weighted by Crippen LogP contribution is 2.32. The molecule has 2 aliphatic rings. The van der Waals surface area contributed by atoms with Crippen LogP contribution in [0.15, 0.2) is 48.7 Å². The van der Waals surface area contributed by atoms with Gasteiger partial charge in [-0.15, -0.1) is 11.3 Å². The van der Waals surface area contributed by atoms with E-state index in [9.17, 15) is 4.79 Å². The molecule has 37 heavy (non-hydrogen) atoms. The number of rotatable bonds is 9. The molecule has 3 N–H and O–H groups in total. The van der Waals surface area contributed by atoms with E-state index < -0.39 is 0 Å². The highest BCUT2D eigenvalue weighted by atomic mass is 32.1. The molecular formula is C30H39N5OS. The largest absolute Gasteiger partial charge is 0.375 e. The van der Waals surface area contributed by atoms with E-state index in [4.69, 9.17) is 5.73 Å². The van der Waals surface area contributed by atoms with E-state index in [0.29, 0.717) is 11.7 Å². The molecule has 0 aliphatic heterocycles. The third kappa shape index (κ3) is 6.57. The molecule has 0 radical (unpaired) electrons. The summed E-state index contributed by atoms with van der Waals surface area (Å²) in [5.41, 5.74) is 9.83. The molecule has 2 aliphatic carbocycles. The van der Waals surface area contributed by atoms with Crippen molar-refractivity contribution in [3.63, 3.8) is 0 Å². The average molecular weight is 518 g/mol. The second-order valence-electron chi connectivity index (χ2n) is 10.6. The number of carbonyl (C=O) groups is 1. The molecule has 196 valence electrons. The lowest BCUT2D eigenvalue weighted by Crippen LogP contribution is -2.41. The lowest BCUT2D eigenvalue weighted by Gasteiger charge is -2.36. The summed E-state index contributed by atoms with van der Waals surface area (Å²) in [5, 5.41) is 3.96. The van der Waals surface area contributed by atoms with Crippen LogP contribution in [0.5, 0.6) is 0 Å². The molecule has 1 atom stereocenters. The highest BCUT2D eigenvalue weighted by molar-refractivity contribution is 7.15. The third-order valence-electron chi connectivity index (χ3n) is 8.07. The summed E-state index contributed by atoms with van der Waals surface area (Å²) < 4.78 is 0. The molecule has 6 nitrogen and oxygen atoms in total. The number of aryl methyl sites for hydroxylation is 1. The second-order valence-corrected chi connectivity index (χ2v) is 11.7. The number of nitrogen functional groups attached to an aromatic ring is 1. The maximum absolute atomic E-state index is 12.8. The van der Waals surface area contributed by atoms with Crippen molar-refractivity contribution in [1.29, 1.82) is 0 Å². The average Bonchev–Trinajstić information content (AvgIpc) is 3.31. The fourth-order valence-corrected chi connectivity index (χ4v) is 6.94. The monoisotopic (exact) mass is 517 g/mol. The van der Waals surface area contributed by atoms with Gasteiger partial charge in [0, 0.05) is 28.7 Å². The molecule has 0 unspecified atom stereocenters. The fourth-order valence-electron chi connectivity index (χ4n) is 5.99. The van der Waals surface area contributed by atoms with Crippen LogP contribution in [0.2, 0.25) is 0 Å². The van der Waals surface area contributed by atoms with Crippen LogP contribution in [-0.4, -0.2) is 45.9 Å². The van der Waals surface area contributed by atoms with Crippen molar-refractivity contribution in [1.82, 2.24) is 20.2 Å². The minimum absolute atomic E-state index is 0.0578. The lowest BCUT2D eigenvalue weighted by molar-refractivity contribution is 0.0913. The molecule has 7 heteroatoms. The minimum Gasteiger partial charge on any atom is -0.375 e. The van der Waals surface area contributed by atoms with Crippen molar-refractivity contribution in [2.24, 2.45) is 5.92 Å². The Labute approximate surface area is 224 Å². The quantitative estimate of drug-likeness (QED) is 0.378. The van der Waals surface area contributed by atoms with E-state index in [1.165, 1.54) is 49.2 Å². The summed E-state index contributed by atoms with van der Waals surface area (Å²) in [5.74, 6) is 0.687. The summed E-state index contributed by atoms with van der Waals surface area (Å²) in [6.07, 6.45) is 12.1. The van der Waals surface area contributed by atoms with E-state index in [0.717, 1.165) is 54.4 Å². The zero-order valence-electron chi connectivity index (χ0n) is 21.9. The van der Waals surface area contributed by atoms with Gasteiger partial charge in [0.15, 0.2) is 5.13 Å². The van der Waals surface area contributed by atoms with Crippen LogP contribution in [-0.2, 0) is 12.8 Å². The number of pyridine rings is 1. The Hall–Kier alpha value is -2.77. The van der Waals surface area contributed by atoms with Crippen molar-refractivity contribution >= 4 is 22.4 Å². The second kappa shape index (κ2) is 12.2. The molecule has 5 rings (SSSR count). The maximum atomic E-state index is 12.8. The molecule has 1 fully saturated rings. The van der Waals surface area contributed by atoms with Crippen LogP contribution >= 0.6 is 11.3 Å². The van der Waals surface area contributed by atoms with Gasteiger partial charge in [0.05, 0.1) is 5.69 Å². The summed E-state index contributed by atoms with van der Waals surface area (Å²) in [6, 6.07) is 14.8. The van der Waals surface area contributed by atoms with Gasteiger partial charge in [0.25, 0.3) is 5.91 Å². The van der Waals surface area contributed by atoms with Gasteiger partial charge in [-0.3, -0.25) is 9.78 Å². The topological polar surface area (TPSA) is 84.1 Å². The van der Waals surface area contributed by atoms with Crippen LogP contribution < -0.4 is 11.1 Å². The first-order chi connectivity index (χ1) is 18.1. The molecule has 1 saturated carbocycles. The standard InChI is InChI=1S/C30H39N5OS/c1-2-17-35(25-13-15-26-28(19-25)37-30(31)34-26)18-16-21-8-11-24(12-9-21)33-29(36)27-14-10-23(20-32-27)22-6-4-3-5-7-22/h3-7,10,14,20-21,24-25H,2,8-9,11-13,15-19H2,1H3,(H2,31,34)(H,33,36)/t21?,24?,25-/m0/s1. The fraction of sp³-hybridized carbons (Fsp3) is 0.500. The lowest BCUT2D eigenvalue weighted by atomic mass is 9.83. The van der Waals surface area contributed by atoms with Crippen LogP contribution in [0.1, 0.15) is 72.9 Å². The first-order valence-electron chi connectivity index (χ1n) is 13.9. The number of carbonyl (C=O) groups excluding carboxylic acids is 1. The van der Waals surface area contributed by atoms with Crippen LogP contribution in [0.25, 0.3) is 11.1 Å². The Bertz CT molecular complexity index is 1150. The number of hydrogen-bond acceptors (Lipinski definition) is 6. The van der Waals surface area contributed by atoms with E-state index >= 15 is 0 Å². The van der Waals surface area contributed by atoms with Gasteiger partial charge >= 0.3 is 0 Å². The number of benzene rings is 1. The number of aromatic nitrogens is 2. The molecule has 0 bridgehead atoms. The van der Waals surface area contributed by atoms with Crippen molar-refractivity contribution in [2.75, 3.05) is 18.8 Å². The summed E-state index contributed by atoms with van der Waals surface area (Å²) >= 11 is 1.68. The first kappa shape index (κ1) is 25.9. The number of anilines is 1. The molecule has 2 aromatic heterocycles. The number of thiazole rings is 1. The summed E-state index contributed by atoms with van der Waals surface area (Å²) in [4.78, 5) is 25.9. The van der Waals surface area contributed by atoms with Crippen molar-refractivity contribution < 1.29 is 4.79 Å². The highest BCUT2D eigenvalue weighted by Gasteiger charge is 2.28. The Morgan fingerprint density at radius 2 is 1.86 bits per heavy atom. The first-order valence-corrected chi connectivity index (χ1v) is 14.7. The number of nitrogens with zero attached hydrogens (tertiary/aromatic N) is 3. The number of nitrogens with one attached hydrogen (secondary N) is 1. The Morgan fingerprint density at radius 1 is 1.05 bits per heavy atom. The molecule has 0 spiro atoms. The predicted molar refractivity (Wildman–Crippen MR) is 152 cm³/mol. The van der Waals surface area contributed by atoms with Gasteiger partial charge < -0.3 is 16.0 Å². The summed E-state index contributed by atoms with van der Waals surface area (Å²) in [7, 11) is 0. The molecular weight excluding hydrogens is 478 g/mol. The van der Waals surface area contributed by atoms with E-state index in [-0.39, 0.29) is 11.9 Å². The van der Waals surface area contributed by atoms with Gasteiger partial charge in [-0.1, -0.05) is 43.3 Å². The molecule has 0 saturated heterocycles. The Morgan fingerprint density at radius 3 is 2.59 bits per heavy atom. The minimum atomic E-state index is -0.0578. The van der Waals surface area contributed by atoms with E-state index in [1.54, 1.807) is 17.5 Å². The zero-order chi connectivity index (χ0) is 25.6. The van der Waals surface area contributed by atoms with E-state index in [1.807, 2.05) is 30.3 Å². The van der Waals surface area contributed by atoms with Gasteiger partial charge in [-0.2, -0.15) is 0 Å². The smallest absolute Gasteiger partial charge is 0.270 e. The number of nitrogens with two attached hydrogens (primary N) is 1. The molecule has 3 aromatic rings. The molecule has 2 heterocycles. The van der Waals surface area contributed by atoms with Crippen molar-refractivity contribution in [2.45, 2.75) is 76.8 Å². The van der Waals surface area contributed by atoms with Crippen molar-refractivity contribution in [3.8, 4) is 11.1 Å².